The minimum absolute atomic E-state index is 0.125. The van der Waals surface area contributed by atoms with E-state index in [1.807, 2.05) is 0 Å². The largest absolute Gasteiger partial charge is 0.478 e. The first-order chi connectivity index (χ1) is 12.5. The lowest BCUT2D eigenvalue weighted by atomic mass is 10.2. The van der Waals surface area contributed by atoms with E-state index in [4.69, 9.17) is 19.7 Å². The molecule has 26 heavy (non-hydrogen) atoms. The van der Waals surface area contributed by atoms with Gasteiger partial charge in [0.05, 0.1) is 11.1 Å². The standard InChI is InChI=1S/C20H14O6/c21-19(22)13-4-1-6-15(10-13)25-17-8-3-9-18(12-17)26-16-7-2-5-14(11-16)20(23)24/h1-12H,(H,21,22)(H,23,24). The van der Waals surface area contributed by atoms with Crippen LogP contribution in [0.25, 0.3) is 0 Å². The molecular weight excluding hydrogens is 336 g/mol. The molecule has 0 fully saturated rings. The van der Waals surface area contributed by atoms with Crippen molar-refractivity contribution >= 4 is 11.9 Å². The summed E-state index contributed by atoms with van der Waals surface area (Å²) in [6.45, 7) is 0. The van der Waals surface area contributed by atoms with Crippen molar-refractivity contribution in [2.75, 3.05) is 0 Å². The number of rotatable bonds is 6. The van der Waals surface area contributed by atoms with E-state index in [1.54, 1.807) is 48.5 Å². The van der Waals surface area contributed by atoms with Crippen molar-refractivity contribution in [3.05, 3.63) is 83.9 Å². The van der Waals surface area contributed by atoms with Gasteiger partial charge in [-0.1, -0.05) is 18.2 Å². The van der Waals surface area contributed by atoms with Gasteiger partial charge in [-0.15, -0.1) is 0 Å². The van der Waals surface area contributed by atoms with Crippen LogP contribution in [-0.2, 0) is 0 Å². The minimum atomic E-state index is -1.04. The summed E-state index contributed by atoms with van der Waals surface area (Å²) in [5.41, 5.74) is 0.251. The smallest absolute Gasteiger partial charge is 0.335 e. The molecular formula is C20H14O6. The fourth-order valence-corrected chi connectivity index (χ4v) is 2.26. The van der Waals surface area contributed by atoms with Crippen LogP contribution in [0.2, 0.25) is 0 Å². The van der Waals surface area contributed by atoms with Gasteiger partial charge in [0.1, 0.15) is 23.0 Å². The summed E-state index contributed by atoms with van der Waals surface area (Å²) in [5, 5.41) is 18.1. The zero-order valence-electron chi connectivity index (χ0n) is 13.5. The molecule has 0 bridgehead atoms. The van der Waals surface area contributed by atoms with Crippen molar-refractivity contribution in [3.63, 3.8) is 0 Å². The lowest BCUT2D eigenvalue weighted by Gasteiger charge is -2.10. The second kappa shape index (κ2) is 7.40. The molecule has 0 radical (unpaired) electrons. The van der Waals surface area contributed by atoms with Gasteiger partial charge in [-0.05, 0) is 48.5 Å². The van der Waals surface area contributed by atoms with Gasteiger partial charge in [-0.3, -0.25) is 0 Å². The third-order valence-corrected chi connectivity index (χ3v) is 3.44. The minimum Gasteiger partial charge on any atom is -0.478 e. The van der Waals surface area contributed by atoms with Crippen LogP contribution in [0.4, 0.5) is 0 Å². The lowest BCUT2D eigenvalue weighted by molar-refractivity contribution is 0.0686. The Kier molecular flexibility index (Phi) is 4.85. The summed E-state index contributed by atoms with van der Waals surface area (Å²) in [6, 6.07) is 19.0. The van der Waals surface area contributed by atoms with Gasteiger partial charge in [0, 0.05) is 6.07 Å². The zero-order valence-corrected chi connectivity index (χ0v) is 13.5. The molecule has 0 unspecified atom stereocenters. The highest BCUT2D eigenvalue weighted by Gasteiger charge is 2.07. The highest BCUT2D eigenvalue weighted by molar-refractivity contribution is 5.88. The second-order valence-electron chi connectivity index (χ2n) is 5.34. The summed E-state index contributed by atoms with van der Waals surface area (Å²) in [5.74, 6) is -0.389. The maximum absolute atomic E-state index is 11.0. The number of carbonyl (C=O) groups is 2. The SMILES string of the molecule is O=C(O)c1cccc(Oc2cccc(Oc3cccc(C(=O)O)c3)c2)c1. The first kappa shape index (κ1) is 17.0. The molecule has 6 heteroatoms. The molecule has 0 saturated carbocycles. The second-order valence-corrected chi connectivity index (χ2v) is 5.34. The number of ether oxygens (including phenoxy) is 2. The van der Waals surface area contributed by atoms with Gasteiger partial charge >= 0.3 is 11.9 Å². The van der Waals surface area contributed by atoms with E-state index in [0.717, 1.165) is 0 Å². The number of aromatic carboxylic acids is 2. The highest BCUT2D eigenvalue weighted by Crippen LogP contribution is 2.29. The molecule has 3 rings (SSSR count). The molecule has 0 saturated heterocycles. The summed E-state index contributed by atoms with van der Waals surface area (Å²) in [6.07, 6.45) is 0. The molecule has 0 amide bonds. The number of benzene rings is 3. The molecule has 0 aliphatic carbocycles. The van der Waals surface area contributed by atoms with Gasteiger partial charge in [0.25, 0.3) is 0 Å². The van der Waals surface area contributed by atoms with Crippen molar-refractivity contribution < 1.29 is 29.3 Å². The molecule has 0 spiro atoms. The van der Waals surface area contributed by atoms with E-state index in [-0.39, 0.29) is 11.1 Å². The Labute approximate surface area is 148 Å². The van der Waals surface area contributed by atoms with E-state index in [1.165, 1.54) is 24.3 Å². The van der Waals surface area contributed by atoms with Crippen LogP contribution in [0.15, 0.2) is 72.8 Å². The monoisotopic (exact) mass is 350 g/mol. The predicted octanol–water partition coefficient (Wildman–Crippen LogP) is 4.67. The molecule has 2 N–H and O–H groups in total. The molecule has 3 aromatic carbocycles. The van der Waals surface area contributed by atoms with Gasteiger partial charge in [0.15, 0.2) is 0 Å². The van der Waals surface area contributed by atoms with E-state index in [9.17, 15) is 9.59 Å². The number of carboxylic acid groups (broad SMARTS) is 2. The highest BCUT2D eigenvalue weighted by atomic mass is 16.5. The Balaban J connectivity index is 1.78. The maximum atomic E-state index is 11.0. The van der Waals surface area contributed by atoms with Crippen molar-refractivity contribution in [1.29, 1.82) is 0 Å². The Hall–Kier alpha value is -3.80. The van der Waals surface area contributed by atoms with E-state index in [2.05, 4.69) is 0 Å². The van der Waals surface area contributed by atoms with Crippen LogP contribution in [0, 0.1) is 0 Å². The van der Waals surface area contributed by atoms with Crippen LogP contribution in [0.3, 0.4) is 0 Å². The number of hydrogen-bond donors (Lipinski definition) is 2. The first-order valence-corrected chi connectivity index (χ1v) is 7.64. The zero-order chi connectivity index (χ0) is 18.5. The summed E-state index contributed by atoms with van der Waals surface area (Å²) >= 11 is 0. The van der Waals surface area contributed by atoms with Gasteiger partial charge < -0.3 is 19.7 Å². The molecule has 0 atom stereocenters. The Morgan fingerprint density at radius 2 is 0.923 bits per heavy atom. The predicted molar refractivity (Wildman–Crippen MR) is 93.4 cm³/mol. The third-order valence-electron chi connectivity index (χ3n) is 3.44. The number of hydrogen-bond acceptors (Lipinski definition) is 4. The first-order valence-electron chi connectivity index (χ1n) is 7.64. The fraction of sp³-hybridized carbons (Fsp3) is 0. The van der Waals surface area contributed by atoms with Crippen LogP contribution >= 0.6 is 0 Å². The van der Waals surface area contributed by atoms with E-state index < -0.39 is 11.9 Å². The molecule has 0 aliphatic rings. The molecule has 0 heterocycles. The molecule has 0 aliphatic heterocycles. The Morgan fingerprint density at radius 1 is 0.577 bits per heavy atom. The van der Waals surface area contributed by atoms with Crippen LogP contribution in [0.1, 0.15) is 20.7 Å². The molecule has 0 aromatic heterocycles. The van der Waals surface area contributed by atoms with Gasteiger partial charge in [0.2, 0.25) is 0 Å². The molecule has 6 nitrogen and oxygen atoms in total. The normalized spacial score (nSPS) is 10.2. The van der Waals surface area contributed by atoms with Crippen molar-refractivity contribution in [2.24, 2.45) is 0 Å². The Bertz CT molecular complexity index is 889. The average Bonchev–Trinajstić information content (AvgIpc) is 2.62. The summed E-state index contributed by atoms with van der Waals surface area (Å²) in [7, 11) is 0. The van der Waals surface area contributed by atoms with Crippen molar-refractivity contribution in [2.45, 2.75) is 0 Å². The van der Waals surface area contributed by atoms with Gasteiger partial charge in [-0.25, -0.2) is 9.59 Å². The average molecular weight is 350 g/mol. The van der Waals surface area contributed by atoms with Crippen molar-refractivity contribution in [1.82, 2.24) is 0 Å². The van der Waals surface area contributed by atoms with Crippen LogP contribution in [-0.4, -0.2) is 22.2 Å². The molecule has 3 aromatic rings. The lowest BCUT2D eigenvalue weighted by Crippen LogP contribution is -1.96. The van der Waals surface area contributed by atoms with Crippen LogP contribution < -0.4 is 9.47 Å². The Morgan fingerprint density at radius 3 is 1.31 bits per heavy atom. The number of carboxylic acids is 2. The van der Waals surface area contributed by atoms with Crippen LogP contribution in [0.5, 0.6) is 23.0 Å². The summed E-state index contributed by atoms with van der Waals surface area (Å²) < 4.78 is 11.3. The van der Waals surface area contributed by atoms with E-state index in [0.29, 0.717) is 23.0 Å². The van der Waals surface area contributed by atoms with Crippen molar-refractivity contribution in [3.8, 4) is 23.0 Å². The quantitative estimate of drug-likeness (QED) is 0.671. The summed E-state index contributed by atoms with van der Waals surface area (Å²) in [4.78, 5) is 22.0. The molecule has 130 valence electrons. The maximum Gasteiger partial charge on any atom is 0.335 e. The topological polar surface area (TPSA) is 93.1 Å². The van der Waals surface area contributed by atoms with Gasteiger partial charge in [-0.2, -0.15) is 0 Å². The fourth-order valence-electron chi connectivity index (χ4n) is 2.26. The van der Waals surface area contributed by atoms with E-state index >= 15 is 0 Å². The third kappa shape index (κ3) is 4.18.